The van der Waals surface area contributed by atoms with Gasteiger partial charge >= 0.3 is 0 Å². The second kappa shape index (κ2) is 4.23. The average molecular weight is 205 g/mol. The van der Waals surface area contributed by atoms with Crippen molar-refractivity contribution in [2.45, 2.75) is 31.1 Å². The van der Waals surface area contributed by atoms with Gasteiger partial charge in [0, 0.05) is 0 Å². The highest BCUT2D eigenvalue weighted by Gasteiger charge is 2.37. The molecule has 1 saturated carbocycles. The van der Waals surface area contributed by atoms with Crippen molar-refractivity contribution >= 4 is 0 Å². The van der Waals surface area contributed by atoms with E-state index >= 15 is 0 Å². The molecule has 82 valence electrons. The molecule has 0 unspecified atom stereocenters. The first-order chi connectivity index (χ1) is 7.30. The average Bonchev–Trinajstić information content (AvgIpc) is 2.23. The SMILES string of the molecule is COc1cccc(C2(CCN)CCC2)c1. The maximum Gasteiger partial charge on any atom is 0.119 e. The highest BCUT2D eigenvalue weighted by Crippen LogP contribution is 2.46. The Balaban J connectivity index is 2.26. The van der Waals surface area contributed by atoms with Gasteiger partial charge < -0.3 is 10.5 Å². The summed E-state index contributed by atoms with van der Waals surface area (Å²) < 4.78 is 5.27. The zero-order valence-corrected chi connectivity index (χ0v) is 9.33. The molecule has 2 rings (SSSR count). The summed E-state index contributed by atoms with van der Waals surface area (Å²) in [5, 5.41) is 0. The molecular formula is C13H19NO. The van der Waals surface area contributed by atoms with Gasteiger partial charge in [0.2, 0.25) is 0 Å². The van der Waals surface area contributed by atoms with Crippen LogP contribution in [0.15, 0.2) is 24.3 Å². The summed E-state index contributed by atoms with van der Waals surface area (Å²) in [6.07, 6.45) is 4.98. The summed E-state index contributed by atoms with van der Waals surface area (Å²) in [5.74, 6) is 0.954. The van der Waals surface area contributed by atoms with Gasteiger partial charge in [0.25, 0.3) is 0 Å². The van der Waals surface area contributed by atoms with Gasteiger partial charge in [-0.15, -0.1) is 0 Å². The van der Waals surface area contributed by atoms with Gasteiger partial charge in [0.15, 0.2) is 0 Å². The normalized spacial score (nSPS) is 18.3. The summed E-state index contributed by atoms with van der Waals surface area (Å²) in [6, 6.07) is 8.44. The fourth-order valence-corrected chi connectivity index (χ4v) is 2.52. The van der Waals surface area contributed by atoms with Crippen LogP contribution in [0.2, 0.25) is 0 Å². The first kappa shape index (κ1) is 10.5. The summed E-state index contributed by atoms with van der Waals surface area (Å²) in [7, 11) is 1.72. The molecule has 2 heteroatoms. The van der Waals surface area contributed by atoms with Crippen LogP contribution in [0.3, 0.4) is 0 Å². The molecule has 0 bridgehead atoms. The fraction of sp³-hybridized carbons (Fsp3) is 0.538. The van der Waals surface area contributed by atoms with Crippen molar-refractivity contribution in [3.8, 4) is 5.75 Å². The third kappa shape index (κ3) is 1.86. The van der Waals surface area contributed by atoms with Crippen molar-refractivity contribution in [1.29, 1.82) is 0 Å². The summed E-state index contributed by atoms with van der Waals surface area (Å²) in [6.45, 7) is 0.775. The lowest BCUT2D eigenvalue weighted by atomic mass is 9.62. The fourth-order valence-electron chi connectivity index (χ4n) is 2.52. The van der Waals surface area contributed by atoms with Gasteiger partial charge in [-0.1, -0.05) is 18.6 Å². The minimum atomic E-state index is 0.350. The molecule has 1 aromatic carbocycles. The minimum Gasteiger partial charge on any atom is -0.497 e. The van der Waals surface area contributed by atoms with E-state index in [0.717, 1.165) is 18.7 Å². The Kier molecular flexibility index (Phi) is 2.96. The molecular weight excluding hydrogens is 186 g/mol. The highest BCUT2D eigenvalue weighted by molar-refractivity contribution is 5.35. The number of ether oxygens (including phenoxy) is 1. The molecule has 1 aromatic rings. The Hall–Kier alpha value is -1.02. The van der Waals surface area contributed by atoms with Crippen molar-refractivity contribution < 1.29 is 4.74 Å². The smallest absolute Gasteiger partial charge is 0.119 e. The third-order valence-electron chi connectivity index (χ3n) is 3.62. The monoisotopic (exact) mass is 205 g/mol. The van der Waals surface area contributed by atoms with Crippen molar-refractivity contribution in [1.82, 2.24) is 0 Å². The topological polar surface area (TPSA) is 35.2 Å². The lowest BCUT2D eigenvalue weighted by molar-refractivity contribution is 0.228. The maximum absolute atomic E-state index is 5.70. The van der Waals surface area contributed by atoms with E-state index in [1.54, 1.807) is 7.11 Å². The number of benzene rings is 1. The Morgan fingerprint density at radius 3 is 2.73 bits per heavy atom. The zero-order valence-electron chi connectivity index (χ0n) is 9.33. The molecule has 15 heavy (non-hydrogen) atoms. The van der Waals surface area contributed by atoms with Gasteiger partial charge in [-0.25, -0.2) is 0 Å². The molecule has 0 atom stereocenters. The summed E-state index contributed by atoms with van der Waals surface area (Å²) in [5.41, 5.74) is 7.45. The van der Waals surface area contributed by atoms with Gasteiger partial charge in [-0.3, -0.25) is 0 Å². The van der Waals surface area contributed by atoms with Crippen LogP contribution in [0.4, 0.5) is 0 Å². The van der Waals surface area contributed by atoms with Crippen LogP contribution < -0.4 is 10.5 Å². The molecule has 0 heterocycles. The quantitative estimate of drug-likeness (QED) is 0.819. The molecule has 0 radical (unpaired) electrons. The second-order valence-electron chi connectivity index (χ2n) is 4.40. The van der Waals surface area contributed by atoms with Gasteiger partial charge in [-0.05, 0) is 48.9 Å². The van der Waals surface area contributed by atoms with E-state index in [0.29, 0.717) is 5.41 Å². The molecule has 1 fully saturated rings. The molecule has 0 aromatic heterocycles. The largest absolute Gasteiger partial charge is 0.497 e. The second-order valence-corrected chi connectivity index (χ2v) is 4.40. The Bertz CT molecular complexity index is 331. The first-order valence-electron chi connectivity index (χ1n) is 5.65. The van der Waals surface area contributed by atoms with Crippen LogP contribution in [-0.4, -0.2) is 13.7 Å². The van der Waals surface area contributed by atoms with E-state index in [2.05, 4.69) is 18.2 Å². The van der Waals surface area contributed by atoms with Crippen molar-refractivity contribution in [2.24, 2.45) is 5.73 Å². The zero-order chi connectivity index (χ0) is 10.7. The number of hydrogen-bond donors (Lipinski definition) is 1. The van der Waals surface area contributed by atoms with E-state index in [1.807, 2.05) is 6.07 Å². The number of methoxy groups -OCH3 is 1. The van der Waals surface area contributed by atoms with Gasteiger partial charge in [-0.2, -0.15) is 0 Å². The van der Waals surface area contributed by atoms with Crippen LogP contribution in [0.25, 0.3) is 0 Å². The lowest BCUT2D eigenvalue weighted by Crippen LogP contribution is -2.36. The van der Waals surface area contributed by atoms with Crippen molar-refractivity contribution in [3.63, 3.8) is 0 Å². The first-order valence-corrected chi connectivity index (χ1v) is 5.65. The van der Waals surface area contributed by atoms with Crippen LogP contribution in [0, 0.1) is 0 Å². The van der Waals surface area contributed by atoms with Crippen molar-refractivity contribution in [3.05, 3.63) is 29.8 Å². The Morgan fingerprint density at radius 1 is 1.40 bits per heavy atom. The molecule has 0 aliphatic heterocycles. The summed E-state index contributed by atoms with van der Waals surface area (Å²) in [4.78, 5) is 0. The molecule has 2 N–H and O–H groups in total. The summed E-state index contributed by atoms with van der Waals surface area (Å²) >= 11 is 0. The molecule has 1 aliphatic carbocycles. The van der Waals surface area contributed by atoms with Crippen LogP contribution >= 0.6 is 0 Å². The van der Waals surface area contributed by atoms with E-state index in [1.165, 1.54) is 24.8 Å². The van der Waals surface area contributed by atoms with Crippen LogP contribution in [0.1, 0.15) is 31.2 Å². The Morgan fingerprint density at radius 2 is 2.20 bits per heavy atom. The highest BCUT2D eigenvalue weighted by atomic mass is 16.5. The number of nitrogens with two attached hydrogens (primary N) is 1. The molecule has 2 nitrogen and oxygen atoms in total. The van der Waals surface area contributed by atoms with Gasteiger partial charge in [0.05, 0.1) is 7.11 Å². The van der Waals surface area contributed by atoms with E-state index in [-0.39, 0.29) is 0 Å². The van der Waals surface area contributed by atoms with Crippen LogP contribution in [0.5, 0.6) is 5.75 Å². The maximum atomic E-state index is 5.70. The lowest BCUT2D eigenvalue weighted by Gasteiger charge is -2.42. The Labute approximate surface area is 91.4 Å². The molecule has 0 spiro atoms. The number of hydrogen-bond acceptors (Lipinski definition) is 2. The third-order valence-corrected chi connectivity index (χ3v) is 3.62. The predicted molar refractivity (Wildman–Crippen MR) is 62.2 cm³/mol. The van der Waals surface area contributed by atoms with Crippen LogP contribution in [-0.2, 0) is 5.41 Å². The van der Waals surface area contributed by atoms with E-state index in [4.69, 9.17) is 10.5 Å². The standard InChI is InChI=1S/C13H19NO/c1-15-12-5-2-4-11(10-12)13(8-9-14)6-3-7-13/h2,4-5,10H,3,6-9,14H2,1H3. The van der Waals surface area contributed by atoms with E-state index in [9.17, 15) is 0 Å². The van der Waals surface area contributed by atoms with Crippen molar-refractivity contribution in [2.75, 3.05) is 13.7 Å². The van der Waals surface area contributed by atoms with Gasteiger partial charge in [0.1, 0.15) is 5.75 Å². The molecule has 1 aliphatic rings. The minimum absolute atomic E-state index is 0.350. The number of rotatable bonds is 4. The molecule has 0 saturated heterocycles. The predicted octanol–water partition coefficient (Wildman–Crippen LogP) is 2.47. The van der Waals surface area contributed by atoms with E-state index < -0.39 is 0 Å². The molecule has 0 amide bonds.